The highest BCUT2D eigenvalue weighted by Gasteiger charge is 2.30. The second-order valence-corrected chi connectivity index (χ2v) is 6.30. The normalized spacial score (nSPS) is 16.9. The van der Waals surface area contributed by atoms with Crippen LogP contribution in [0.1, 0.15) is 24.1 Å². The summed E-state index contributed by atoms with van der Waals surface area (Å²) in [5.74, 6) is -0.614. The molecule has 6 heteroatoms. The van der Waals surface area contributed by atoms with Crippen molar-refractivity contribution < 1.29 is 9.18 Å². The average Bonchev–Trinajstić information content (AvgIpc) is 2.56. The van der Waals surface area contributed by atoms with E-state index in [1.165, 1.54) is 24.3 Å². The van der Waals surface area contributed by atoms with Crippen LogP contribution in [0.5, 0.6) is 0 Å². The second kappa shape index (κ2) is 7.03. The molecule has 0 aromatic heterocycles. The van der Waals surface area contributed by atoms with Gasteiger partial charge in [0.05, 0.1) is 11.6 Å². The number of halogens is 1. The maximum atomic E-state index is 13.1. The molecule has 0 fully saturated rings. The third kappa shape index (κ3) is 3.69. The lowest BCUT2D eigenvalue weighted by Gasteiger charge is -2.31. The van der Waals surface area contributed by atoms with Crippen molar-refractivity contribution in [2.24, 2.45) is 0 Å². The van der Waals surface area contributed by atoms with E-state index >= 15 is 0 Å². The van der Waals surface area contributed by atoms with Crippen LogP contribution in [0.25, 0.3) is 0 Å². The summed E-state index contributed by atoms with van der Waals surface area (Å²) < 4.78 is 13.1. The highest BCUT2D eigenvalue weighted by atomic mass is 32.1. The van der Waals surface area contributed by atoms with E-state index in [9.17, 15) is 9.18 Å². The number of carbonyl (C=O) groups excluding carboxylic acids is 1. The van der Waals surface area contributed by atoms with Gasteiger partial charge < -0.3 is 16.0 Å². The van der Waals surface area contributed by atoms with Crippen molar-refractivity contribution in [1.82, 2.24) is 10.6 Å². The minimum absolute atomic E-state index is 0.264. The standard InChI is InChI=1S/C19H18FN3OS/c1-11-5-3-4-6-15(11)17-16(12(2)21-19(25)23-17)18(24)22-14-9-7-13(20)8-10-14/h3-10,17H,1-2H3,(H,22,24)(H2,21,23,25). The summed E-state index contributed by atoms with van der Waals surface area (Å²) in [5, 5.41) is 9.47. The van der Waals surface area contributed by atoms with Gasteiger partial charge in [0.2, 0.25) is 0 Å². The van der Waals surface area contributed by atoms with Crippen molar-refractivity contribution in [1.29, 1.82) is 0 Å². The fourth-order valence-electron chi connectivity index (χ4n) is 2.87. The first-order valence-electron chi connectivity index (χ1n) is 7.86. The Bertz CT molecular complexity index is 861. The fourth-order valence-corrected chi connectivity index (χ4v) is 3.14. The zero-order valence-electron chi connectivity index (χ0n) is 13.9. The van der Waals surface area contributed by atoms with E-state index in [1.807, 2.05) is 38.1 Å². The molecule has 1 atom stereocenters. The summed E-state index contributed by atoms with van der Waals surface area (Å²) in [5.41, 5.74) is 3.81. The number of allylic oxidation sites excluding steroid dienone is 1. The molecule has 1 unspecified atom stereocenters. The molecule has 2 aromatic rings. The van der Waals surface area contributed by atoms with Crippen molar-refractivity contribution in [3.63, 3.8) is 0 Å². The van der Waals surface area contributed by atoms with Crippen LogP contribution in [-0.2, 0) is 4.79 Å². The SMILES string of the molecule is CC1=C(C(=O)Nc2ccc(F)cc2)C(c2ccccc2C)NC(=S)N1. The van der Waals surface area contributed by atoms with Crippen LogP contribution >= 0.6 is 12.2 Å². The van der Waals surface area contributed by atoms with Gasteiger partial charge in [-0.05, 0) is 61.5 Å². The Hall–Kier alpha value is -2.73. The van der Waals surface area contributed by atoms with Gasteiger partial charge in [0.15, 0.2) is 5.11 Å². The van der Waals surface area contributed by atoms with Crippen LogP contribution in [0.3, 0.4) is 0 Å². The Balaban J connectivity index is 1.96. The van der Waals surface area contributed by atoms with Gasteiger partial charge in [-0.15, -0.1) is 0 Å². The second-order valence-electron chi connectivity index (χ2n) is 5.89. The van der Waals surface area contributed by atoms with Gasteiger partial charge in [-0.25, -0.2) is 4.39 Å². The van der Waals surface area contributed by atoms with E-state index in [0.717, 1.165) is 11.1 Å². The molecule has 0 saturated carbocycles. The Labute approximate surface area is 151 Å². The van der Waals surface area contributed by atoms with Crippen molar-refractivity contribution in [3.8, 4) is 0 Å². The zero-order valence-corrected chi connectivity index (χ0v) is 14.7. The van der Waals surface area contributed by atoms with Crippen molar-refractivity contribution in [3.05, 3.63) is 76.7 Å². The maximum Gasteiger partial charge on any atom is 0.255 e. The number of aryl methyl sites for hydroxylation is 1. The smallest absolute Gasteiger partial charge is 0.255 e. The maximum absolute atomic E-state index is 13.1. The summed E-state index contributed by atoms with van der Waals surface area (Å²) in [7, 11) is 0. The summed E-state index contributed by atoms with van der Waals surface area (Å²) in [4.78, 5) is 12.9. The molecule has 0 aliphatic carbocycles. The van der Waals surface area contributed by atoms with Crippen LogP contribution in [0.4, 0.5) is 10.1 Å². The van der Waals surface area contributed by atoms with Gasteiger partial charge >= 0.3 is 0 Å². The largest absolute Gasteiger partial charge is 0.351 e. The summed E-state index contributed by atoms with van der Waals surface area (Å²) >= 11 is 5.26. The first kappa shape index (κ1) is 17.1. The van der Waals surface area contributed by atoms with E-state index in [4.69, 9.17) is 12.2 Å². The van der Waals surface area contributed by atoms with Crippen molar-refractivity contribution in [2.75, 3.05) is 5.32 Å². The minimum atomic E-state index is -0.351. The Morgan fingerprint density at radius 2 is 1.80 bits per heavy atom. The number of nitrogens with one attached hydrogen (secondary N) is 3. The molecule has 1 aliphatic heterocycles. The lowest BCUT2D eigenvalue weighted by Crippen LogP contribution is -2.46. The first-order valence-corrected chi connectivity index (χ1v) is 8.27. The molecule has 3 N–H and O–H groups in total. The van der Waals surface area contributed by atoms with Gasteiger partial charge in [0.25, 0.3) is 5.91 Å². The third-order valence-electron chi connectivity index (χ3n) is 4.12. The molecule has 0 radical (unpaired) electrons. The first-order chi connectivity index (χ1) is 12.0. The molecule has 1 aliphatic rings. The van der Waals surface area contributed by atoms with Crippen LogP contribution < -0.4 is 16.0 Å². The van der Waals surface area contributed by atoms with Gasteiger partial charge in [-0.2, -0.15) is 0 Å². The molecule has 128 valence electrons. The molecule has 2 aromatic carbocycles. The monoisotopic (exact) mass is 355 g/mol. The number of anilines is 1. The Kier molecular flexibility index (Phi) is 4.81. The number of carbonyl (C=O) groups is 1. The predicted octanol–water partition coefficient (Wildman–Crippen LogP) is 3.57. The number of amides is 1. The molecule has 3 rings (SSSR count). The van der Waals surface area contributed by atoms with E-state index < -0.39 is 0 Å². The van der Waals surface area contributed by atoms with E-state index in [2.05, 4.69) is 16.0 Å². The lowest BCUT2D eigenvalue weighted by atomic mass is 9.92. The zero-order chi connectivity index (χ0) is 18.0. The summed E-state index contributed by atoms with van der Waals surface area (Å²) in [6.45, 7) is 3.81. The molecule has 4 nitrogen and oxygen atoms in total. The molecule has 0 bridgehead atoms. The van der Waals surface area contributed by atoms with Crippen LogP contribution in [0.15, 0.2) is 59.8 Å². The Morgan fingerprint density at radius 1 is 1.12 bits per heavy atom. The fraction of sp³-hybridized carbons (Fsp3) is 0.158. The molecule has 0 spiro atoms. The van der Waals surface area contributed by atoms with Crippen LogP contribution in [-0.4, -0.2) is 11.0 Å². The third-order valence-corrected chi connectivity index (χ3v) is 4.34. The van der Waals surface area contributed by atoms with Gasteiger partial charge in [-0.3, -0.25) is 4.79 Å². The highest BCUT2D eigenvalue weighted by molar-refractivity contribution is 7.80. The van der Waals surface area contributed by atoms with Gasteiger partial charge in [0.1, 0.15) is 5.82 Å². The minimum Gasteiger partial charge on any atom is -0.351 e. The lowest BCUT2D eigenvalue weighted by molar-refractivity contribution is -0.113. The number of hydrogen-bond donors (Lipinski definition) is 3. The molecular weight excluding hydrogens is 337 g/mol. The molecule has 25 heavy (non-hydrogen) atoms. The highest BCUT2D eigenvalue weighted by Crippen LogP contribution is 2.29. The number of hydrogen-bond acceptors (Lipinski definition) is 2. The van der Waals surface area contributed by atoms with Gasteiger partial charge in [-0.1, -0.05) is 24.3 Å². The predicted molar refractivity (Wildman–Crippen MR) is 101 cm³/mol. The summed E-state index contributed by atoms with van der Waals surface area (Å²) in [6, 6.07) is 13.2. The summed E-state index contributed by atoms with van der Waals surface area (Å²) in [6.07, 6.45) is 0. The Morgan fingerprint density at radius 3 is 2.48 bits per heavy atom. The van der Waals surface area contributed by atoms with Crippen molar-refractivity contribution in [2.45, 2.75) is 19.9 Å². The topological polar surface area (TPSA) is 53.2 Å². The molecule has 1 amide bonds. The molecular formula is C19H18FN3OS. The van der Waals surface area contributed by atoms with Crippen LogP contribution in [0, 0.1) is 12.7 Å². The van der Waals surface area contributed by atoms with E-state index in [0.29, 0.717) is 22.1 Å². The number of benzene rings is 2. The quantitative estimate of drug-likeness (QED) is 0.737. The van der Waals surface area contributed by atoms with Crippen molar-refractivity contribution >= 4 is 28.9 Å². The van der Waals surface area contributed by atoms with E-state index in [-0.39, 0.29) is 17.8 Å². The molecule has 0 saturated heterocycles. The number of thiocarbonyl (C=S) groups is 1. The molecule has 1 heterocycles. The van der Waals surface area contributed by atoms with Crippen LogP contribution in [0.2, 0.25) is 0 Å². The number of rotatable bonds is 3. The average molecular weight is 355 g/mol. The van der Waals surface area contributed by atoms with Gasteiger partial charge in [0, 0.05) is 11.4 Å². The van der Waals surface area contributed by atoms with E-state index in [1.54, 1.807) is 0 Å².